The van der Waals surface area contributed by atoms with E-state index in [1.807, 2.05) is 0 Å². The number of aromatic nitrogens is 2. The number of hydrogen-bond acceptors (Lipinski definition) is 4. The highest BCUT2D eigenvalue weighted by Crippen LogP contribution is 2.10. The first-order chi connectivity index (χ1) is 8.97. The first-order valence-corrected chi connectivity index (χ1v) is 5.40. The van der Waals surface area contributed by atoms with E-state index >= 15 is 0 Å². The second-order valence-corrected chi connectivity index (χ2v) is 3.97. The number of carbonyl (C=O) groups is 1. The van der Waals surface area contributed by atoms with E-state index in [0.717, 1.165) is 0 Å². The van der Waals surface area contributed by atoms with Crippen molar-refractivity contribution in [3.63, 3.8) is 0 Å². The predicted molar refractivity (Wildman–Crippen MR) is 71.6 cm³/mol. The Kier molecular flexibility index (Phi) is 3.37. The summed E-state index contributed by atoms with van der Waals surface area (Å²) in [7, 11) is 7.24. The van der Waals surface area contributed by atoms with Gasteiger partial charge in [0, 0.05) is 13.2 Å². The molecule has 0 amide bonds. The molecule has 0 atom stereocenters. The van der Waals surface area contributed by atoms with Crippen molar-refractivity contribution in [3.8, 4) is 0 Å². The minimum Gasteiger partial charge on any atom is -0.478 e. The van der Waals surface area contributed by atoms with Crippen LogP contribution >= 0.6 is 0 Å². The number of nitrogens with one attached hydrogen (secondary N) is 1. The zero-order chi connectivity index (χ0) is 14.0. The fourth-order valence-corrected chi connectivity index (χ4v) is 1.56. The Bertz CT molecular complexity index is 680. The monoisotopic (exact) mass is 255 g/mol. The molecule has 0 aliphatic rings. The molecule has 0 aliphatic heterocycles. The van der Waals surface area contributed by atoms with Crippen LogP contribution in [0.3, 0.4) is 0 Å². The fraction of sp³-hybridized carbons (Fsp3) is 0.0833. The van der Waals surface area contributed by atoms with Crippen molar-refractivity contribution in [2.24, 2.45) is 7.05 Å². The van der Waals surface area contributed by atoms with E-state index in [2.05, 4.69) is 10.3 Å². The molecule has 2 heterocycles. The summed E-state index contributed by atoms with van der Waals surface area (Å²) >= 11 is 0. The van der Waals surface area contributed by atoms with Crippen molar-refractivity contribution >= 4 is 30.8 Å². The highest BCUT2D eigenvalue weighted by Gasteiger charge is 2.06. The quantitative estimate of drug-likeness (QED) is 0.755. The van der Waals surface area contributed by atoms with Crippen LogP contribution < -0.4 is 16.3 Å². The van der Waals surface area contributed by atoms with Crippen molar-refractivity contribution < 1.29 is 9.90 Å². The molecule has 19 heavy (non-hydrogen) atoms. The van der Waals surface area contributed by atoms with E-state index in [-0.39, 0.29) is 16.8 Å². The lowest BCUT2D eigenvalue weighted by Gasteiger charge is -2.08. The van der Waals surface area contributed by atoms with Gasteiger partial charge in [-0.25, -0.2) is 9.78 Å². The summed E-state index contributed by atoms with van der Waals surface area (Å²) in [5, 5.41) is 11.6. The number of aryl methyl sites for hydroxylation is 1. The molecule has 0 bridgehead atoms. The number of rotatable bonds is 3. The lowest BCUT2D eigenvalue weighted by atomic mass is 9.98. The topological polar surface area (TPSA) is 84.2 Å². The molecule has 0 spiro atoms. The first kappa shape index (κ1) is 12.9. The van der Waals surface area contributed by atoms with Gasteiger partial charge in [-0.1, -0.05) is 5.46 Å². The maximum atomic E-state index is 11.8. The zero-order valence-electron chi connectivity index (χ0n) is 10.1. The van der Waals surface area contributed by atoms with Crippen LogP contribution in [-0.2, 0) is 7.05 Å². The Morgan fingerprint density at radius 1 is 1.47 bits per heavy atom. The van der Waals surface area contributed by atoms with Crippen molar-refractivity contribution in [1.82, 2.24) is 9.55 Å². The molecule has 7 heteroatoms. The number of pyridine rings is 2. The molecule has 2 aromatic rings. The standard InChI is InChI=1S/C12H10BN3O3/c1-16-6-8(13)4-9(11(16)17)15-10-3-2-7(5-14-10)12(18)19/h2-6H,1H3,(H,14,15)(H,18,19). The summed E-state index contributed by atoms with van der Waals surface area (Å²) in [6.45, 7) is 0. The van der Waals surface area contributed by atoms with E-state index in [1.54, 1.807) is 7.05 Å². The van der Waals surface area contributed by atoms with Crippen LogP contribution in [0.25, 0.3) is 0 Å². The van der Waals surface area contributed by atoms with Crippen molar-refractivity contribution in [3.05, 3.63) is 46.5 Å². The maximum Gasteiger partial charge on any atom is 0.337 e. The van der Waals surface area contributed by atoms with E-state index in [1.165, 1.54) is 35.2 Å². The molecule has 2 rings (SSSR count). The molecule has 0 aliphatic carbocycles. The second kappa shape index (κ2) is 4.97. The van der Waals surface area contributed by atoms with Crippen LogP contribution in [0.1, 0.15) is 10.4 Å². The number of anilines is 2. The average molecular weight is 255 g/mol. The molecule has 0 fully saturated rings. The van der Waals surface area contributed by atoms with Crippen LogP contribution in [-0.4, -0.2) is 28.5 Å². The van der Waals surface area contributed by atoms with Crippen LogP contribution in [0.4, 0.5) is 11.5 Å². The molecule has 2 N–H and O–H groups in total. The van der Waals surface area contributed by atoms with Gasteiger partial charge >= 0.3 is 5.97 Å². The summed E-state index contributed by atoms with van der Waals surface area (Å²) in [5.74, 6) is -0.688. The normalized spacial score (nSPS) is 10.2. The van der Waals surface area contributed by atoms with Gasteiger partial charge in [-0.05, 0) is 24.4 Å². The average Bonchev–Trinajstić information content (AvgIpc) is 2.36. The third-order valence-electron chi connectivity index (χ3n) is 2.48. The van der Waals surface area contributed by atoms with Crippen molar-refractivity contribution in [2.45, 2.75) is 0 Å². The molecular weight excluding hydrogens is 245 g/mol. The lowest BCUT2D eigenvalue weighted by Crippen LogP contribution is -2.24. The Hall–Kier alpha value is -2.57. The predicted octanol–water partition coefficient (Wildman–Crippen LogP) is 0.0159. The summed E-state index contributed by atoms with van der Waals surface area (Å²) < 4.78 is 1.35. The van der Waals surface area contributed by atoms with Gasteiger partial charge < -0.3 is 15.0 Å². The molecule has 2 aromatic heterocycles. The number of aromatic carboxylic acids is 1. The van der Waals surface area contributed by atoms with Crippen LogP contribution in [0.2, 0.25) is 0 Å². The molecule has 0 unspecified atom stereocenters. The molecular formula is C12H10BN3O3. The van der Waals surface area contributed by atoms with Gasteiger partial charge in [0.15, 0.2) is 0 Å². The van der Waals surface area contributed by atoms with Gasteiger partial charge in [0.25, 0.3) is 5.56 Å². The number of carboxylic acids is 1. The van der Waals surface area contributed by atoms with E-state index in [4.69, 9.17) is 13.0 Å². The van der Waals surface area contributed by atoms with Gasteiger partial charge in [0.1, 0.15) is 19.4 Å². The van der Waals surface area contributed by atoms with Crippen molar-refractivity contribution in [2.75, 3.05) is 5.32 Å². The maximum absolute atomic E-state index is 11.8. The number of hydrogen-bond donors (Lipinski definition) is 2. The Labute approximate surface area is 110 Å². The van der Waals surface area contributed by atoms with Crippen LogP contribution in [0.5, 0.6) is 0 Å². The second-order valence-electron chi connectivity index (χ2n) is 3.97. The van der Waals surface area contributed by atoms with Gasteiger partial charge in [0.2, 0.25) is 0 Å². The van der Waals surface area contributed by atoms with Crippen LogP contribution in [0, 0.1) is 0 Å². The Morgan fingerprint density at radius 3 is 2.79 bits per heavy atom. The summed E-state index contributed by atoms with van der Waals surface area (Å²) in [6, 6.07) is 4.37. The molecule has 0 aromatic carbocycles. The minimum atomic E-state index is -1.06. The summed E-state index contributed by atoms with van der Waals surface area (Å²) in [4.78, 5) is 26.4. The summed E-state index contributed by atoms with van der Waals surface area (Å²) in [6.07, 6.45) is 2.72. The molecule has 0 saturated carbocycles. The van der Waals surface area contributed by atoms with Gasteiger partial charge in [-0.15, -0.1) is 0 Å². The SMILES string of the molecule is [B]c1cc(Nc2ccc(C(=O)O)cn2)c(=O)n(C)c1. The zero-order valence-corrected chi connectivity index (χ0v) is 10.1. The van der Waals surface area contributed by atoms with E-state index in [9.17, 15) is 9.59 Å². The smallest absolute Gasteiger partial charge is 0.337 e. The molecule has 0 saturated heterocycles. The Morgan fingerprint density at radius 2 is 2.21 bits per heavy atom. The summed E-state index contributed by atoms with van der Waals surface area (Å²) in [5.41, 5.74) is 0.536. The third-order valence-corrected chi connectivity index (χ3v) is 2.48. The lowest BCUT2D eigenvalue weighted by molar-refractivity contribution is 0.0696. The molecule has 2 radical (unpaired) electrons. The van der Waals surface area contributed by atoms with E-state index < -0.39 is 5.97 Å². The highest BCUT2D eigenvalue weighted by molar-refractivity contribution is 6.32. The fourth-order valence-electron chi connectivity index (χ4n) is 1.56. The van der Waals surface area contributed by atoms with Crippen molar-refractivity contribution in [1.29, 1.82) is 0 Å². The van der Waals surface area contributed by atoms with Gasteiger partial charge in [-0.2, -0.15) is 0 Å². The first-order valence-electron chi connectivity index (χ1n) is 5.40. The van der Waals surface area contributed by atoms with E-state index in [0.29, 0.717) is 11.3 Å². The minimum absolute atomic E-state index is 0.0750. The molecule has 6 nitrogen and oxygen atoms in total. The number of nitrogens with zero attached hydrogens (tertiary/aromatic N) is 2. The third kappa shape index (κ3) is 2.82. The highest BCUT2D eigenvalue weighted by atomic mass is 16.4. The largest absolute Gasteiger partial charge is 0.478 e. The van der Waals surface area contributed by atoms with Crippen LogP contribution in [0.15, 0.2) is 35.4 Å². The number of carboxylic acid groups (broad SMARTS) is 1. The Balaban J connectivity index is 2.31. The van der Waals surface area contributed by atoms with Gasteiger partial charge in [-0.3, -0.25) is 4.79 Å². The molecule has 94 valence electrons. The van der Waals surface area contributed by atoms with Gasteiger partial charge in [0.05, 0.1) is 5.56 Å².